The molecule has 0 fully saturated rings. The van der Waals surface area contributed by atoms with Gasteiger partial charge >= 0.3 is 5.97 Å². The number of aromatic carboxylic acids is 1. The molecular formula is C14H14N2O3. The van der Waals surface area contributed by atoms with Crippen LogP contribution < -0.4 is 5.32 Å². The van der Waals surface area contributed by atoms with Crippen LogP contribution in [0.3, 0.4) is 0 Å². The van der Waals surface area contributed by atoms with Gasteiger partial charge in [0.2, 0.25) is 0 Å². The van der Waals surface area contributed by atoms with Crippen LogP contribution in [-0.2, 0) is 13.6 Å². The molecule has 1 aromatic heterocycles. The molecule has 0 aliphatic carbocycles. The molecule has 5 nitrogen and oxygen atoms in total. The molecule has 2 rings (SSSR count). The molecule has 98 valence electrons. The number of nitrogens with zero attached hydrogens (tertiary/aromatic N) is 1. The van der Waals surface area contributed by atoms with Gasteiger partial charge in [-0.05, 0) is 29.8 Å². The summed E-state index contributed by atoms with van der Waals surface area (Å²) in [5, 5.41) is 11.6. The number of carboxylic acids is 1. The van der Waals surface area contributed by atoms with E-state index in [-0.39, 0.29) is 11.5 Å². The summed E-state index contributed by atoms with van der Waals surface area (Å²) in [6.45, 7) is 0.365. The zero-order chi connectivity index (χ0) is 13.8. The number of nitrogens with one attached hydrogen (secondary N) is 1. The second kappa shape index (κ2) is 5.39. The number of amides is 1. The van der Waals surface area contributed by atoms with E-state index in [1.54, 1.807) is 42.1 Å². The lowest BCUT2D eigenvalue weighted by Crippen LogP contribution is -2.24. The molecule has 0 aliphatic heterocycles. The Labute approximate surface area is 110 Å². The van der Waals surface area contributed by atoms with Crippen LogP contribution in [0.1, 0.15) is 26.4 Å². The van der Waals surface area contributed by atoms with Crippen molar-refractivity contribution in [3.05, 3.63) is 59.4 Å². The largest absolute Gasteiger partial charge is 0.478 e. The van der Waals surface area contributed by atoms with Gasteiger partial charge in [-0.25, -0.2) is 4.79 Å². The highest BCUT2D eigenvalue weighted by Crippen LogP contribution is 2.05. The van der Waals surface area contributed by atoms with Crippen LogP contribution in [0.5, 0.6) is 0 Å². The Morgan fingerprint density at radius 3 is 2.42 bits per heavy atom. The van der Waals surface area contributed by atoms with Crippen molar-refractivity contribution >= 4 is 11.9 Å². The number of hydrogen-bond acceptors (Lipinski definition) is 2. The van der Waals surface area contributed by atoms with E-state index in [2.05, 4.69) is 5.32 Å². The predicted octanol–water partition coefficient (Wildman–Crippen LogP) is 1.65. The fourth-order valence-electron chi connectivity index (χ4n) is 1.74. The number of aryl methyl sites for hydroxylation is 1. The number of carboxylic acid groups (broad SMARTS) is 1. The Morgan fingerprint density at radius 2 is 1.89 bits per heavy atom. The van der Waals surface area contributed by atoms with Gasteiger partial charge in [0.05, 0.1) is 5.56 Å². The maximum atomic E-state index is 11.8. The number of carbonyl (C=O) groups is 2. The summed E-state index contributed by atoms with van der Waals surface area (Å²) in [6.07, 6.45) is 1.80. The normalized spacial score (nSPS) is 10.2. The average Bonchev–Trinajstić information content (AvgIpc) is 2.83. The van der Waals surface area contributed by atoms with Crippen LogP contribution >= 0.6 is 0 Å². The number of benzene rings is 1. The molecule has 1 aromatic carbocycles. The minimum absolute atomic E-state index is 0.158. The van der Waals surface area contributed by atoms with E-state index in [4.69, 9.17) is 5.11 Å². The summed E-state index contributed by atoms with van der Waals surface area (Å²) in [7, 11) is 1.80. The summed E-state index contributed by atoms with van der Waals surface area (Å²) in [5.74, 6) is -1.12. The standard InChI is InChI=1S/C14H14N2O3/c1-16-8-2-3-12(16)13(17)15-9-10-4-6-11(7-5-10)14(18)19/h2-8H,9H2,1H3,(H,15,17)(H,18,19). The number of hydrogen-bond donors (Lipinski definition) is 2. The molecule has 0 saturated heterocycles. The van der Waals surface area contributed by atoms with Crippen LogP contribution in [0.15, 0.2) is 42.6 Å². The first-order chi connectivity index (χ1) is 9.08. The molecule has 1 amide bonds. The second-order valence-electron chi connectivity index (χ2n) is 4.19. The lowest BCUT2D eigenvalue weighted by atomic mass is 10.1. The third-order valence-corrected chi connectivity index (χ3v) is 2.83. The molecule has 0 saturated carbocycles. The van der Waals surface area contributed by atoms with Gasteiger partial charge in [0.25, 0.3) is 5.91 Å². The summed E-state index contributed by atoms with van der Waals surface area (Å²) in [5.41, 5.74) is 1.67. The third kappa shape index (κ3) is 3.01. The van der Waals surface area contributed by atoms with E-state index < -0.39 is 5.97 Å². The Kier molecular flexibility index (Phi) is 3.66. The molecule has 0 aliphatic rings. The predicted molar refractivity (Wildman–Crippen MR) is 70.0 cm³/mol. The van der Waals surface area contributed by atoms with E-state index in [0.29, 0.717) is 12.2 Å². The van der Waals surface area contributed by atoms with Gasteiger partial charge in [-0.15, -0.1) is 0 Å². The van der Waals surface area contributed by atoms with Crippen LogP contribution in [0.2, 0.25) is 0 Å². The van der Waals surface area contributed by atoms with Gasteiger partial charge in [0.1, 0.15) is 5.69 Å². The van der Waals surface area contributed by atoms with Gasteiger partial charge in [-0.1, -0.05) is 12.1 Å². The van der Waals surface area contributed by atoms with E-state index in [9.17, 15) is 9.59 Å². The second-order valence-corrected chi connectivity index (χ2v) is 4.19. The van der Waals surface area contributed by atoms with Crippen LogP contribution in [-0.4, -0.2) is 21.6 Å². The molecule has 1 heterocycles. The molecule has 2 N–H and O–H groups in total. The zero-order valence-corrected chi connectivity index (χ0v) is 10.5. The van der Waals surface area contributed by atoms with Gasteiger partial charge in [-0.3, -0.25) is 4.79 Å². The van der Waals surface area contributed by atoms with Gasteiger partial charge in [0.15, 0.2) is 0 Å². The smallest absolute Gasteiger partial charge is 0.335 e. The molecule has 0 atom stereocenters. The van der Waals surface area contributed by atoms with Gasteiger partial charge in [0, 0.05) is 19.8 Å². The highest BCUT2D eigenvalue weighted by atomic mass is 16.4. The van der Waals surface area contributed by atoms with Crippen molar-refractivity contribution in [2.45, 2.75) is 6.54 Å². The third-order valence-electron chi connectivity index (χ3n) is 2.83. The molecule has 0 radical (unpaired) electrons. The molecule has 5 heteroatoms. The Bertz CT molecular complexity index is 599. The van der Waals surface area contributed by atoms with Crippen molar-refractivity contribution in [3.63, 3.8) is 0 Å². The van der Waals surface area contributed by atoms with Gasteiger partial charge in [-0.2, -0.15) is 0 Å². The van der Waals surface area contributed by atoms with E-state index in [1.165, 1.54) is 12.1 Å². The summed E-state index contributed by atoms with van der Waals surface area (Å²) >= 11 is 0. The van der Waals surface area contributed by atoms with Crippen molar-refractivity contribution in [2.24, 2.45) is 7.05 Å². The highest BCUT2D eigenvalue weighted by molar-refractivity contribution is 5.92. The van der Waals surface area contributed by atoms with E-state index in [0.717, 1.165) is 5.56 Å². The SMILES string of the molecule is Cn1cccc1C(=O)NCc1ccc(C(=O)O)cc1. The van der Waals surface area contributed by atoms with Crippen molar-refractivity contribution in [1.29, 1.82) is 0 Å². The maximum absolute atomic E-state index is 11.8. The first-order valence-electron chi connectivity index (χ1n) is 5.79. The minimum Gasteiger partial charge on any atom is -0.478 e. The number of carbonyl (C=O) groups excluding carboxylic acids is 1. The van der Waals surface area contributed by atoms with Gasteiger partial charge < -0.3 is 15.0 Å². The Morgan fingerprint density at radius 1 is 1.21 bits per heavy atom. The Balaban J connectivity index is 1.97. The van der Waals surface area contributed by atoms with Crippen molar-refractivity contribution in [3.8, 4) is 0 Å². The molecule has 2 aromatic rings. The molecule has 0 spiro atoms. The lowest BCUT2D eigenvalue weighted by Gasteiger charge is -2.06. The summed E-state index contributed by atoms with van der Waals surface area (Å²) in [6, 6.07) is 9.96. The fraction of sp³-hybridized carbons (Fsp3) is 0.143. The molecule has 0 unspecified atom stereocenters. The van der Waals surface area contributed by atoms with Crippen LogP contribution in [0, 0.1) is 0 Å². The maximum Gasteiger partial charge on any atom is 0.335 e. The van der Waals surface area contributed by atoms with Crippen molar-refractivity contribution in [2.75, 3.05) is 0 Å². The van der Waals surface area contributed by atoms with E-state index >= 15 is 0 Å². The number of rotatable bonds is 4. The van der Waals surface area contributed by atoms with E-state index in [1.807, 2.05) is 0 Å². The number of aromatic nitrogens is 1. The highest BCUT2D eigenvalue weighted by Gasteiger charge is 2.08. The fourth-order valence-corrected chi connectivity index (χ4v) is 1.74. The Hall–Kier alpha value is -2.56. The topological polar surface area (TPSA) is 71.3 Å². The molecule has 19 heavy (non-hydrogen) atoms. The molecular weight excluding hydrogens is 244 g/mol. The molecule has 0 bridgehead atoms. The summed E-state index contributed by atoms with van der Waals surface area (Å²) < 4.78 is 1.74. The van der Waals surface area contributed by atoms with Crippen molar-refractivity contribution in [1.82, 2.24) is 9.88 Å². The quantitative estimate of drug-likeness (QED) is 0.876. The lowest BCUT2D eigenvalue weighted by molar-refractivity contribution is 0.0696. The first kappa shape index (κ1) is 12.9. The van der Waals surface area contributed by atoms with Crippen LogP contribution in [0.4, 0.5) is 0 Å². The minimum atomic E-state index is -0.959. The van der Waals surface area contributed by atoms with Crippen LogP contribution in [0.25, 0.3) is 0 Å². The monoisotopic (exact) mass is 258 g/mol. The van der Waals surface area contributed by atoms with Crippen molar-refractivity contribution < 1.29 is 14.7 Å². The summed E-state index contributed by atoms with van der Waals surface area (Å²) in [4.78, 5) is 22.5. The zero-order valence-electron chi connectivity index (χ0n) is 10.5. The average molecular weight is 258 g/mol. The first-order valence-corrected chi connectivity index (χ1v) is 5.79.